The van der Waals surface area contributed by atoms with Crippen LogP contribution in [0.1, 0.15) is 52.0 Å². The third-order valence-electron chi connectivity index (χ3n) is 4.38. The minimum Gasteiger partial charge on any atom is -0.335 e. The summed E-state index contributed by atoms with van der Waals surface area (Å²) < 4.78 is 0. The maximum atomic E-state index is 4.76. The van der Waals surface area contributed by atoms with E-state index in [-0.39, 0.29) is 0 Å². The molecule has 0 aromatic heterocycles. The number of nitrogens with zero attached hydrogens (tertiary/aromatic N) is 1. The van der Waals surface area contributed by atoms with E-state index in [1.165, 1.54) is 24.2 Å². The molecule has 1 aliphatic heterocycles. The molecule has 0 bridgehead atoms. The molecule has 1 aliphatic rings. The van der Waals surface area contributed by atoms with E-state index in [0.717, 1.165) is 17.4 Å². The van der Waals surface area contributed by atoms with Crippen LogP contribution < -0.4 is 5.32 Å². The summed E-state index contributed by atoms with van der Waals surface area (Å²) in [6, 6.07) is 8.66. The van der Waals surface area contributed by atoms with Crippen LogP contribution in [0.25, 0.3) is 0 Å². The van der Waals surface area contributed by atoms with Crippen LogP contribution in [0.4, 0.5) is 5.69 Å². The van der Waals surface area contributed by atoms with Crippen LogP contribution in [0.5, 0.6) is 0 Å². The van der Waals surface area contributed by atoms with Gasteiger partial charge in [-0.05, 0) is 41.9 Å². The first-order valence-corrected chi connectivity index (χ1v) is 8.61. The molecule has 20 heavy (non-hydrogen) atoms. The molecule has 0 saturated carbocycles. The zero-order chi connectivity index (χ0) is 14.6. The van der Waals surface area contributed by atoms with Crippen LogP contribution in [0.15, 0.2) is 29.3 Å². The number of hydrogen-bond acceptors (Lipinski definition) is 3. The highest BCUT2D eigenvalue weighted by molar-refractivity contribution is 8.14. The van der Waals surface area contributed by atoms with E-state index in [1.807, 2.05) is 11.8 Å². The Morgan fingerprint density at radius 2 is 2.05 bits per heavy atom. The van der Waals surface area contributed by atoms with E-state index < -0.39 is 0 Å². The third-order valence-corrected chi connectivity index (χ3v) is 5.64. The fourth-order valence-corrected chi connectivity index (χ4v) is 3.69. The molecule has 110 valence electrons. The molecule has 0 radical (unpaired) electrons. The average molecular weight is 290 g/mol. The Morgan fingerprint density at radius 3 is 2.60 bits per heavy atom. The minimum atomic E-state index is 0.412. The lowest BCUT2D eigenvalue weighted by atomic mass is 9.84. The zero-order valence-corrected chi connectivity index (χ0v) is 13.9. The Kier molecular flexibility index (Phi) is 5.14. The van der Waals surface area contributed by atoms with Crippen molar-refractivity contribution >= 4 is 22.6 Å². The molecule has 3 heteroatoms. The number of hydrogen-bond donors (Lipinski definition) is 1. The van der Waals surface area contributed by atoms with Crippen LogP contribution in [-0.4, -0.2) is 17.5 Å². The molecule has 2 nitrogen and oxygen atoms in total. The van der Waals surface area contributed by atoms with Crippen molar-refractivity contribution in [2.45, 2.75) is 46.5 Å². The highest BCUT2D eigenvalue weighted by Crippen LogP contribution is 2.35. The van der Waals surface area contributed by atoms with E-state index in [9.17, 15) is 0 Å². The van der Waals surface area contributed by atoms with Gasteiger partial charge in [0.2, 0.25) is 0 Å². The Hall–Kier alpha value is -0.960. The molecular formula is C17H26N2S. The first kappa shape index (κ1) is 15.4. The largest absolute Gasteiger partial charge is 0.335 e. The topological polar surface area (TPSA) is 24.4 Å². The van der Waals surface area contributed by atoms with Crippen LogP contribution in [0.2, 0.25) is 0 Å². The van der Waals surface area contributed by atoms with Gasteiger partial charge in [-0.3, -0.25) is 4.99 Å². The fraction of sp³-hybridized carbons (Fsp3) is 0.588. The van der Waals surface area contributed by atoms with E-state index >= 15 is 0 Å². The van der Waals surface area contributed by atoms with Crippen molar-refractivity contribution in [1.82, 2.24) is 0 Å². The molecule has 0 atom stereocenters. The van der Waals surface area contributed by atoms with Crippen molar-refractivity contribution in [1.29, 1.82) is 0 Å². The van der Waals surface area contributed by atoms with Crippen LogP contribution in [0, 0.1) is 5.41 Å². The second-order valence-electron chi connectivity index (χ2n) is 6.02. The standard InChI is InChI=1S/C17H26N2S/c1-5-17(6-2)11-18-16(20-12-17)19-15-9-7-8-14(10-15)13(3)4/h7-10,13H,5-6,11-12H2,1-4H3,(H,18,19). The van der Waals surface area contributed by atoms with Gasteiger partial charge in [-0.15, -0.1) is 0 Å². The summed E-state index contributed by atoms with van der Waals surface area (Å²) in [7, 11) is 0. The van der Waals surface area contributed by atoms with Crippen LogP contribution in [-0.2, 0) is 0 Å². The van der Waals surface area contributed by atoms with Crippen molar-refractivity contribution in [3.63, 3.8) is 0 Å². The predicted molar refractivity (Wildman–Crippen MR) is 91.9 cm³/mol. The van der Waals surface area contributed by atoms with Gasteiger partial charge < -0.3 is 5.32 Å². The molecule has 0 spiro atoms. The zero-order valence-electron chi connectivity index (χ0n) is 13.1. The van der Waals surface area contributed by atoms with Gasteiger partial charge in [-0.25, -0.2) is 0 Å². The molecule has 1 aromatic carbocycles. The summed E-state index contributed by atoms with van der Waals surface area (Å²) in [5, 5.41) is 4.55. The minimum absolute atomic E-state index is 0.412. The number of rotatable bonds is 4. The quantitative estimate of drug-likeness (QED) is 0.831. The Balaban J connectivity index is 2.05. The third kappa shape index (κ3) is 3.57. The SMILES string of the molecule is CCC1(CC)CN=C(Nc2cccc(C(C)C)c2)SC1. The lowest BCUT2D eigenvalue weighted by Crippen LogP contribution is -2.32. The number of anilines is 1. The van der Waals surface area contributed by atoms with Gasteiger partial charge in [0.05, 0.1) is 0 Å². The molecule has 0 amide bonds. The van der Waals surface area contributed by atoms with Crippen molar-refractivity contribution in [2.75, 3.05) is 17.6 Å². The number of nitrogens with one attached hydrogen (secondary N) is 1. The summed E-state index contributed by atoms with van der Waals surface area (Å²) in [5.74, 6) is 1.74. The summed E-state index contributed by atoms with van der Waals surface area (Å²) >= 11 is 1.87. The fourth-order valence-electron chi connectivity index (χ4n) is 2.40. The van der Waals surface area contributed by atoms with E-state index in [0.29, 0.717) is 11.3 Å². The normalized spacial score (nSPS) is 17.9. The molecular weight excluding hydrogens is 264 g/mol. The van der Waals surface area contributed by atoms with Gasteiger partial charge in [0.25, 0.3) is 0 Å². The van der Waals surface area contributed by atoms with Gasteiger partial charge in [0.15, 0.2) is 5.17 Å². The summed E-state index contributed by atoms with van der Waals surface area (Å²) in [6.45, 7) is 9.97. The molecule has 1 N–H and O–H groups in total. The average Bonchev–Trinajstić information content (AvgIpc) is 2.49. The molecule has 1 heterocycles. The number of benzene rings is 1. The summed E-state index contributed by atoms with van der Waals surface area (Å²) in [4.78, 5) is 4.76. The molecule has 0 fully saturated rings. The Labute approximate surface area is 127 Å². The molecule has 2 rings (SSSR count). The monoisotopic (exact) mass is 290 g/mol. The highest BCUT2D eigenvalue weighted by atomic mass is 32.2. The first-order valence-electron chi connectivity index (χ1n) is 7.63. The van der Waals surface area contributed by atoms with Gasteiger partial charge in [0, 0.05) is 18.0 Å². The summed E-state index contributed by atoms with van der Waals surface area (Å²) in [5.41, 5.74) is 2.94. The highest BCUT2D eigenvalue weighted by Gasteiger charge is 2.30. The first-order chi connectivity index (χ1) is 9.58. The molecule has 0 unspecified atom stereocenters. The molecule has 1 aromatic rings. The predicted octanol–water partition coefficient (Wildman–Crippen LogP) is 5.13. The molecule has 0 aliphatic carbocycles. The van der Waals surface area contributed by atoms with E-state index in [2.05, 4.69) is 57.3 Å². The Bertz CT molecular complexity index is 476. The van der Waals surface area contributed by atoms with Crippen molar-refractivity contribution in [2.24, 2.45) is 10.4 Å². The smallest absolute Gasteiger partial charge is 0.161 e. The summed E-state index contributed by atoms with van der Waals surface area (Å²) in [6.07, 6.45) is 2.44. The van der Waals surface area contributed by atoms with Gasteiger partial charge in [0.1, 0.15) is 0 Å². The van der Waals surface area contributed by atoms with Crippen molar-refractivity contribution in [3.05, 3.63) is 29.8 Å². The van der Waals surface area contributed by atoms with Gasteiger partial charge in [-0.1, -0.05) is 51.6 Å². The lowest BCUT2D eigenvalue weighted by Gasteiger charge is -2.33. The van der Waals surface area contributed by atoms with Crippen LogP contribution in [0.3, 0.4) is 0 Å². The number of amidine groups is 1. The maximum Gasteiger partial charge on any atom is 0.161 e. The maximum absolute atomic E-state index is 4.76. The van der Waals surface area contributed by atoms with Crippen LogP contribution >= 0.6 is 11.8 Å². The molecule has 0 saturated heterocycles. The second kappa shape index (κ2) is 6.66. The van der Waals surface area contributed by atoms with E-state index in [1.54, 1.807) is 0 Å². The number of aliphatic imine (C=N–C) groups is 1. The van der Waals surface area contributed by atoms with Crippen molar-refractivity contribution < 1.29 is 0 Å². The number of thioether (sulfide) groups is 1. The second-order valence-corrected chi connectivity index (χ2v) is 6.99. The lowest BCUT2D eigenvalue weighted by molar-refractivity contribution is 0.318. The van der Waals surface area contributed by atoms with E-state index in [4.69, 9.17) is 4.99 Å². The van der Waals surface area contributed by atoms with Gasteiger partial charge in [-0.2, -0.15) is 0 Å². The van der Waals surface area contributed by atoms with Crippen molar-refractivity contribution in [3.8, 4) is 0 Å². The Morgan fingerprint density at radius 1 is 1.30 bits per heavy atom. The van der Waals surface area contributed by atoms with Gasteiger partial charge >= 0.3 is 0 Å².